The molecule has 1 N–H and O–H groups in total. The number of rotatable bonds is 5. The molecular formula is C47H35N3S. The fourth-order valence-corrected chi connectivity index (χ4v) is 9.24. The number of hydrogen-bond donors (Lipinski definition) is 1. The SMILES string of the molecule is CN1C(c2ccc(-c3ccccc3)cc2)=CC(c2ccccc2)NC1n1c2ccccc2c2cc(-c3cccc4c3sc3ccccc34)ccc21. The molecule has 2 atom stereocenters. The van der Waals surface area contributed by atoms with Gasteiger partial charge in [0, 0.05) is 43.7 Å². The maximum absolute atomic E-state index is 4.04. The lowest BCUT2D eigenvalue weighted by atomic mass is 9.98. The smallest absolute Gasteiger partial charge is 0.162 e. The molecule has 0 saturated carbocycles. The summed E-state index contributed by atoms with van der Waals surface area (Å²) in [6, 6.07) is 61.8. The van der Waals surface area contributed by atoms with E-state index in [1.54, 1.807) is 0 Å². The largest absolute Gasteiger partial charge is 0.341 e. The van der Waals surface area contributed by atoms with Gasteiger partial charge in [-0.3, -0.25) is 5.32 Å². The van der Waals surface area contributed by atoms with Crippen molar-refractivity contribution in [2.24, 2.45) is 0 Å². The topological polar surface area (TPSA) is 20.2 Å². The fourth-order valence-electron chi connectivity index (χ4n) is 8.00. The highest BCUT2D eigenvalue weighted by molar-refractivity contribution is 7.26. The molecule has 2 aromatic heterocycles. The highest BCUT2D eigenvalue weighted by atomic mass is 32.1. The average Bonchev–Trinajstić information content (AvgIpc) is 3.74. The van der Waals surface area contributed by atoms with Crippen LogP contribution in [0.3, 0.4) is 0 Å². The van der Waals surface area contributed by atoms with Gasteiger partial charge in [-0.05, 0) is 63.7 Å². The van der Waals surface area contributed by atoms with Crippen molar-refractivity contribution in [2.75, 3.05) is 7.05 Å². The lowest BCUT2D eigenvalue weighted by Gasteiger charge is -2.41. The Kier molecular flexibility index (Phi) is 7.12. The Balaban J connectivity index is 1.12. The monoisotopic (exact) mass is 673 g/mol. The zero-order valence-corrected chi connectivity index (χ0v) is 29.0. The van der Waals surface area contributed by atoms with Gasteiger partial charge in [0.15, 0.2) is 6.29 Å². The summed E-state index contributed by atoms with van der Waals surface area (Å²) in [6.07, 6.45) is 2.24. The number of nitrogens with zero attached hydrogens (tertiary/aromatic N) is 2. The molecule has 3 heterocycles. The van der Waals surface area contributed by atoms with Gasteiger partial charge in [0.1, 0.15) is 0 Å². The zero-order chi connectivity index (χ0) is 33.9. The van der Waals surface area contributed by atoms with E-state index in [1.807, 2.05) is 11.3 Å². The number of para-hydroxylation sites is 1. The lowest BCUT2D eigenvalue weighted by molar-refractivity contribution is 0.193. The first-order valence-corrected chi connectivity index (χ1v) is 18.4. The minimum Gasteiger partial charge on any atom is -0.341 e. The van der Waals surface area contributed by atoms with Crippen LogP contribution in [0.25, 0.3) is 69.9 Å². The van der Waals surface area contributed by atoms with Crippen molar-refractivity contribution in [3.63, 3.8) is 0 Å². The number of benzene rings is 7. The van der Waals surface area contributed by atoms with Crippen LogP contribution in [0.15, 0.2) is 176 Å². The molecule has 0 aliphatic carbocycles. The summed E-state index contributed by atoms with van der Waals surface area (Å²) in [7, 11) is 2.22. The minimum atomic E-state index is -0.136. The molecule has 0 radical (unpaired) electrons. The fraction of sp³-hybridized carbons (Fsp3) is 0.0638. The summed E-state index contributed by atoms with van der Waals surface area (Å²) in [5, 5.41) is 9.21. The van der Waals surface area contributed by atoms with E-state index in [0.29, 0.717) is 0 Å². The third-order valence-electron chi connectivity index (χ3n) is 10.5. The zero-order valence-electron chi connectivity index (χ0n) is 28.2. The summed E-state index contributed by atoms with van der Waals surface area (Å²) in [4.78, 5) is 2.40. The van der Waals surface area contributed by atoms with Gasteiger partial charge in [-0.25, -0.2) is 0 Å². The first-order valence-electron chi connectivity index (χ1n) is 17.6. The van der Waals surface area contributed by atoms with E-state index in [1.165, 1.54) is 81.1 Å². The number of aromatic nitrogens is 1. The van der Waals surface area contributed by atoms with Crippen LogP contribution in [0, 0.1) is 0 Å². The van der Waals surface area contributed by atoms with E-state index in [4.69, 9.17) is 0 Å². The van der Waals surface area contributed by atoms with Crippen LogP contribution in [-0.2, 0) is 0 Å². The number of hydrogen-bond acceptors (Lipinski definition) is 3. The van der Waals surface area contributed by atoms with Crippen molar-refractivity contribution >= 4 is 59.0 Å². The second-order valence-corrected chi connectivity index (χ2v) is 14.5. The molecular weight excluding hydrogens is 639 g/mol. The quantitative estimate of drug-likeness (QED) is 0.196. The minimum absolute atomic E-state index is 0.0252. The maximum Gasteiger partial charge on any atom is 0.162 e. The molecule has 0 amide bonds. The van der Waals surface area contributed by atoms with E-state index in [0.717, 1.165) is 0 Å². The summed E-state index contributed by atoms with van der Waals surface area (Å²) >= 11 is 1.89. The van der Waals surface area contributed by atoms with Gasteiger partial charge in [0.25, 0.3) is 0 Å². The molecule has 2 unspecified atom stereocenters. The first-order chi connectivity index (χ1) is 25.2. The maximum atomic E-state index is 4.04. The Morgan fingerprint density at radius 1 is 0.510 bits per heavy atom. The molecule has 0 fully saturated rings. The molecule has 244 valence electrons. The molecule has 0 saturated heterocycles. The molecule has 7 aromatic carbocycles. The van der Waals surface area contributed by atoms with Crippen LogP contribution in [0.2, 0.25) is 0 Å². The second kappa shape index (κ2) is 12.1. The van der Waals surface area contributed by atoms with Crippen LogP contribution >= 0.6 is 11.3 Å². The Morgan fingerprint density at radius 3 is 1.96 bits per heavy atom. The predicted molar refractivity (Wildman–Crippen MR) is 217 cm³/mol. The van der Waals surface area contributed by atoms with Gasteiger partial charge in [0.2, 0.25) is 0 Å². The summed E-state index contributed by atoms with van der Waals surface area (Å²) in [5.41, 5.74) is 11.0. The number of fused-ring (bicyclic) bond motifs is 6. The molecule has 4 heteroatoms. The molecule has 51 heavy (non-hydrogen) atoms. The van der Waals surface area contributed by atoms with Gasteiger partial charge < -0.3 is 9.47 Å². The Hall–Kier alpha value is -5.94. The van der Waals surface area contributed by atoms with Crippen molar-refractivity contribution in [1.29, 1.82) is 0 Å². The van der Waals surface area contributed by atoms with Crippen molar-refractivity contribution in [3.8, 4) is 22.3 Å². The first kappa shape index (κ1) is 29.9. The Bertz CT molecular complexity index is 2740. The lowest BCUT2D eigenvalue weighted by Crippen LogP contribution is -2.44. The molecule has 0 spiro atoms. The van der Waals surface area contributed by atoms with E-state index in [9.17, 15) is 0 Å². The van der Waals surface area contributed by atoms with Gasteiger partial charge in [0.05, 0.1) is 17.1 Å². The van der Waals surface area contributed by atoms with Crippen molar-refractivity contribution in [2.45, 2.75) is 12.3 Å². The van der Waals surface area contributed by atoms with Crippen LogP contribution in [-0.4, -0.2) is 16.5 Å². The highest BCUT2D eigenvalue weighted by Gasteiger charge is 2.31. The Morgan fingerprint density at radius 2 is 1.14 bits per heavy atom. The second-order valence-electron chi connectivity index (χ2n) is 13.4. The van der Waals surface area contributed by atoms with E-state index < -0.39 is 0 Å². The van der Waals surface area contributed by atoms with Crippen molar-refractivity contribution in [1.82, 2.24) is 14.8 Å². The average molecular weight is 674 g/mol. The van der Waals surface area contributed by atoms with Crippen molar-refractivity contribution in [3.05, 3.63) is 187 Å². The predicted octanol–water partition coefficient (Wildman–Crippen LogP) is 12.3. The van der Waals surface area contributed by atoms with Gasteiger partial charge in [-0.2, -0.15) is 0 Å². The molecule has 1 aliphatic rings. The summed E-state index contributed by atoms with van der Waals surface area (Å²) in [6.45, 7) is 0. The summed E-state index contributed by atoms with van der Waals surface area (Å²) in [5.74, 6) is 0. The standard InChI is InChI=1S/C47H35N3S/c1-49-44(34-25-23-32(24-26-34)31-13-4-2-5-14-31)30-41(33-15-6-3-7-16-33)48-47(49)50-42-21-10-8-17-37(42)40-29-35(27-28-43(40)50)36-19-12-20-39-38-18-9-11-22-45(38)51-46(36)39/h2-30,41,47-48H,1H3. The molecule has 0 bridgehead atoms. The van der Waals surface area contributed by atoms with E-state index >= 15 is 0 Å². The third-order valence-corrected chi connectivity index (χ3v) is 11.7. The van der Waals surface area contributed by atoms with E-state index in [-0.39, 0.29) is 12.3 Å². The van der Waals surface area contributed by atoms with Crippen LogP contribution in [0.5, 0.6) is 0 Å². The highest BCUT2D eigenvalue weighted by Crippen LogP contribution is 2.43. The molecule has 10 rings (SSSR count). The number of thiophene rings is 1. The van der Waals surface area contributed by atoms with Crippen molar-refractivity contribution < 1.29 is 0 Å². The van der Waals surface area contributed by atoms with E-state index in [2.05, 4.69) is 198 Å². The normalized spacial score (nSPS) is 16.3. The summed E-state index contributed by atoms with van der Waals surface area (Å²) < 4.78 is 5.17. The third kappa shape index (κ3) is 4.98. The van der Waals surface area contributed by atoms with Gasteiger partial charge in [-0.1, -0.05) is 146 Å². The molecule has 3 nitrogen and oxygen atoms in total. The van der Waals surface area contributed by atoms with Crippen LogP contribution in [0.4, 0.5) is 0 Å². The molecule has 1 aliphatic heterocycles. The molecule has 9 aromatic rings. The number of nitrogens with one attached hydrogen (secondary N) is 1. The Labute approximate surface area is 301 Å². The van der Waals surface area contributed by atoms with Gasteiger partial charge >= 0.3 is 0 Å². The van der Waals surface area contributed by atoms with Crippen LogP contribution in [0.1, 0.15) is 23.5 Å². The van der Waals surface area contributed by atoms with Gasteiger partial charge in [-0.15, -0.1) is 11.3 Å². The van der Waals surface area contributed by atoms with Crippen LogP contribution < -0.4 is 5.32 Å².